The van der Waals surface area contributed by atoms with Crippen molar-refractivity contribution in [1.29, 1.82) is 0 Å². The largest absolute Gasteiger partial charge is 4.00 e. The predicted octanol–water partition coefficient (Wildman–Crippen LogP) is 11.7. The van der Waals surface area contributed by atoms with Crippen LogP contribution in [0.3, 0.4) is 0 Å². The molecule has 0 spiro atoms. The summed E-state index contributed by atoms with van der Waals surface area (Å²) in [6.07, 6.45) is 15.7. The van der Waals surface area contributed by atoms with Gasteiger partial charge in [0.25, 0.3) is 0 Å². The van der Waals surface area contributed by atoms with E-state index in [1.54, 1.807) is 23.2 Å². The van der Waals surface area contributed by atoms with Crippen molar-refractivity contribution < 1.29 is 51.6 Å². The molecule has 1 aliphatic rings. The maximum Gasteiger partial charge on any atom is 4.00 e. The Balaban J connectivity index is 0.000000611. The number of hydrogen-bond acceptors (Lipinski definition) is 6. The summed E-state index contributed by atoms with van der Waals surface area (Å²) < 4.78 is 14.0. The number of pyridine rings is 1. The number of aromatic nitrogens is 2. The first kappa shape index (κ1) is 43.0. The molecule has 0 amide bonds. The third kappa shape index (κ3) is 10.9. The molecule has 60 heavy (non-hydrogen) atoms. The van der Waals surface area contributed by atoms with Crippen molar-refractivity contribution in [1.82, 2.24) is 14.5 Å². The summed E-state index contributed by atoms with van der Waals surface area (Å²) >= 11 is 0. The van der Waals surface area contributed by atoms with Gasteiger partial charge in [-0.25, -0.2) is 24.2 Å². The Morgan fingerprint density at radius 3 is 1.87 bits per heavy atom. The monoisotopic (exact) mass is 1140 g/mol. The molecule has 8 aromatic rings. The van der Waals surface area contributed by atoms with Gasteiger partial charge in [-0.15, -0.1) is 60.2 Å². The van der Waals surface area contributed by atoms with Crippen LogP contribution in [0.2, 0.25) is 0 Å². The van der Waals surface area contributed by atoms with Crippen molar-refractivity contribution in [3.8, 4) is 51.4 Å². The Labute approximate surface area is 380 Å². The van der Waals surface area contributed by atoms with E-state index in [0.717, 1.165) is 45.1 Å². The minimum Gasteiger partial charge on any atom is -0.669 e. The van der Waals surface area contributed by atoms with Crippen LogP contribution in [0.4, 0.5) is 22.7 Å². The Bertz CT molecular complexity index is 2610. The molecular formula is C51H34N5O2Pt2-3. The summed E-state index contributed by atoms with van der Waals surface area (Å²) in [7, 11) is 1.99. The van der Waals surface area contributed by atoms with Crippen molar-refractivity contribution in [2.24, 2.45) is 0 Å². The van der Waals surface area contributed by atoms with Crippen LogP contribution in [0.25, 0.3) is 22.4 Å². The van der Waals surface area contributed by atoms with Gasteiger partial charge in [0.2, 0.25) is 0 Å². The summed E-state index contributed by atoms with van der Waals surface area (Å²) in [6.45, 7) is 2.00. The average molecular weight is 1140 g/mol. The van der Waals surface area contributed by atoms with E-state index in [9.17, 15) is 0 Å². The standard InChI is InChI=1S/C45H30N4O2.C6H4N.2Pt/c1-47-25-26-48(33-47)39-30-40(49(37-15-5-2-6-16-37)38-17-7-3-8-18-38)32-44(31-39)51-43-22-12-14-36(28-43)45-29-35(23-24-46-45)34-13-11-21-42(27-34)50-41-19-9-4-10-20-41;1-2-7-5-3-4-6-7;;/h2-19,21-22,24-26,29-30,32-33H,1H3;3-6H;;/q-6;-1;;+4. The van der Waals surface area contributed by atoms with E-state index in [-0.39, 0.29) is 42.1 Å². The van der Waals surface area contributed by atoms with E-state index in [2.05, 4.69) is 76.6 Å². The average Bonchev–Trinajstić information content (AvgIpc) is 3.98. The van der Waals surface area contributed by atoms with Gasteiger partial charge in [0.1, 0.15) is 0 Å². The van der Waals surface area contributed by atoms with Gasteiger partial charge in [0.15, 0.2) is 0 Å². The minimum absolute atomic E-state index is 0. The Morgan fingerprint density at radius 2 is 1.25 bits per heavy atom. The predicted molar refractivity (Wildman–Crippen MR) is 228 cm³/mol. The van der Waals surface area contributed by atoms with Crippen LogP contribution in [0.1, 0.15) is 0 Å². The molecular weight excluding hydrogens is 1100 g/mol. The van der Waals surface area contributed by atoms with Crippen LogP contribution in [0.15, 0.2) is 183 Å². The molecule has 9 heteroatoms. The minimum atomic E-state index is 0. The van der Waals surface area contributed by atoms with Gasteiger partial charge in [-0.05, 0) is 55.8 Å². The van der Waals surface area contributed by atoms with Crippen molar-refractivity contribution in [3.05, 3.63) is 226 Å². The fourth-order valence-corrected chi connectivity index (χ4v) is 6.13. The van der Waals surface area contributed by atoms with Crippen LogP contribution < -0.4 is 19.3 Å². The topological polar surface area (TPSA) is 46.0 Å². The SMILES string of the molecule is CN1C=CN(c2[c-]c(Oc3[c-]c(-c4cc(-c5[c-]c(Oc6[c-]cccc6)ccc5)[c-]cn4)ccc3)cc(N(c3ccccc3)c3ccccc3)c2)[CH-]1.[C-]#Cn1cccc1.[Pt+4].[Pt]. The second-order valence-electron chi connectivity index (χ2n) is 12.9. The molecule has 0 saturated heterocycles. The first-order chi connectivity index (χ1) is 28.6. The Morgan fingerprint density at radius 1 is 0.617 bits per heavy atom. The van der Waals surface area contributed by atoms with E-state index in [1.165, 1.54) is 0 Å². The first-order valence-electron chi connectivity index (χ1n) is 18.4. The van der Waals surface area contributed by atoms with Gasteiger partial charge in [-0.3, -0.25) is 11.1 Å². The Hall–Kier alpha value is -6.57. The Kier molecular flexibility index (Phi) is 15.0. The quantitative estimate of drug-likeness (QED) is 0.100. The third-order valence-corrected chi connectivity index (χ3v) is 8.81. The molecule has 0 unspecified atom stereocenters. The summed E-state index contributed by atoms with van der Waals surface area (Å²) in [5.74, 6) is 2.30. The summed E-state index contributed by atoms with van der Waals surface area (Å²) in [4.78, 5) is 10.8. The fourth-order valence-electron chi connectivity index (χ4n) is 6.13. The van der Waals surface area contributed by atoms with Crippen LogP contribution in [0, 0.1) is 49.5 Å². The molecule has 0 aliphatic carbocycles. The molecule has 0 fully saturated rings. The molecule has 0 saturated carbocycles. The zero-order chi connectivity index (χ0) is 39.5. The maximum absolute atomic E-state index is 6.57. The molecule has 7 nitrogen and oxygen atoms in total. The zero-order valence-electron chi connectivity index (χ0n) is 32.1. The van der Waals surface area contributed by atoms with Crippen molar-refractivity contribution >= 4 is 22.7 Å². The zero-order valence-corrected chi connectivity index (χ0v) is 36.6. The van der Waals surface area contributed by atoms with E-state index < -0.39 is 0 Å². The summed E-state index contributed by atoms with van der Waals surface area (Å²) in [6, 6.07) is 68.1. The molecule has 2 aromatic heterocycles. The molecule has 298 valence electrons. The molecule has 3 heterocycles. The van der Waals surface area contributed by atoms with Crippen LogP contribution in [-0.4, -0.2) is 21.5 Å². The van der Waals surface area contributed by atoms with Gasteiger partial charge in [-0.2, -0.15) is 37.0 Å². The van der Waals surface area contributed by atoms with Crippen molar-refractivity contribution in [2.45, 2.75) is 0 Å². The van der Waals surface area contributed by atoms with E-state index in [4.69, 9.17) is 15.9 Å². The molecule has 0 atom stereocenters. The van der Waals surface area contributed by atoms with Crippen LogP contribution in [-0.2, 0) is 42.1 Å². The first-order valence-corrected chi connectivity index (χ1v) is 18.4. The van der Waals surface area contributed by atoms with Gasteiger partial charge < -0.3 is 40.1 Å². The second kappa shape index (κ2) is 20.9. The molecule has 6 aromatic carbocycles. The smallest absolute Gasteiger partial charge is 0.669 e. The number of para-hydroxylation sites is 3. The number of nitrogens with zero attached hydrogens (tertiary/aromatic N) is 5. The normalized spacial score (nSPS) is 11.3. The number of rotatable bonds is 10. The number of hydrogen-bond donors (Lipinski definition) is 0. The van der Waals surface area contributed by atoms with Crippen molar-refractivity contribution in [2.75, 3.05) is 16.8 Å². The number of benzene rings is 6. The number of anilines is 4. The summed E-state index contributed by atoms with van der Waals surface area (Å²) in [5, 5.41) is 0. The second-order valence-corrected chi connectivity index (χ2v) is 12.9. The van der Waals surface area contributed by atoms with E-state index >= 15 is 0 Å². The molecule has 0 N–H and O–H groups in total. The van der Waals surface area contributed by atoms with Crippen LogP contribution >= 0.6 is 0 Å². The van der Waals surface area contributed by atoms with Gasteiger partial charge in [-0.1, -0.05) is 65.7 Å². The third-order valence-electron chi connectivity index (χ3n) is 8.81. The molecule has 0 bridgehead atoms. The van der Waals surface area contributed by atoms with Gasteiger partial charge in [0.05, 0.1) is 0 Å². The molecule has 1 aliphatic heterocycles. The summed E-state index contributed by atoms with van der Waals surface area (Å²) in [5.41, 5.74) is 6.95. The van der Waals surface area contributed by atoms with Gasteiger partial charge in [0, 0.05) is 67.8 Å². The van der Waals surface area contributed by atoms with E-state index in [1.807, 2.05) is 157 Å². The fraction of sp³-hybridized carbons (Fsp3) is 0.0196. The van der Waals surface area contributed by atoms with Crippen LogP contribution in [0.5, 0.6) is 23.0 Å². The van der Waals surface area contributed by atoms with E-state index in [0.29, 0.717) is 23.0 Å². The molecule has 9 rings (SSSR count). The molecule has 0 radical (unpaired) electrons. The maximum atomic E-state index is 6.57. The van der Waals surface area contributed by atoms with Gasteiger partial charge >= 0.3 is 21.1 Å². The number of ether oxygens (including phenoxy) is 2. The van der Waals surface area contributed by atoms with Crippen molar-refractivity contribution in [3.63, 3.8) is 0 Å².